The lowest BCUT2D eigenvalue weighted by molar-refractivity contribution is -0.138. The molecule has 1 N–H and O–H groups in total. The zero-order valence-corrected chi connectivity index (χ0v) is 23.0. The summed E-state index contributed by atoms with van der Waals surface area (Å²) >= 11 is 0. The van der Waals surface area contributed by atoms with Gasteiger partial charge in [0.15, 0.2) is 11.6 Å². The minimum atomic E-state index is -0.492. The largest absolute Gasteiger partial charge is 0.462 e. The summed E-state index contributed by atoms with van der Waals surface area (Å²) in [7, 11) is 4.08. The summed E-state index contributed by atoms with van der Waals surface area (Å²) in [6, 6.07) is 9.02. The standard InChI is InChI=1S/C29H33N7O4/c1-4-40-28(37)22-7-11-24(12-8-22)31-29(38)30-23-9-5-21(6-10-23)26-32-27(35-13-15-39-16-14-35)25-17-20(18-34(2)3)19-36(25)33-26/h5-11,17,19H,4,12-16,18H2,1-3H3,(H,30,38). The minimum Gasteiger partial charge on any atom is -0.462 e. The number of nitrogens with zero attached hydrogens (tertiary/aromatic N) is 6. The summed E-state index contributed by atoms with van der Waals surface area (Å²) in [5, 5.41) is 7.59. The predicted octanol–water partition coefficient (Wildman–Crippen LogP) is 3.72. The second kappa shape index (κ2) is 12.2. The molecule has 11 heteroatoms. The highest BCUT2D eigenvalue weighted by atomic mass is 16.5. The highest BCUT2D eigenvalue weighted by molar-refractivity contribution is 6.08. The van der Waals surface area contributed by atoms with Gasteiger partial charge < -0.3 is 24.6 Å². The van der Waals surface area contributed by atoms with Crippen LogP contribution in [0.25, 0.3) is 16.9 Å². The number of rotatable bonds is 7. The van der Waals surface area contributed by atoms with Gasteiger partial charge in [-0.3, -0.25) is 0 Å². The molecule has 11 nitrogen and oxygen atoms in total. The number of fused-ring (bicyclic) bond motifs is 1. The molecule has 3 aromatic rings. The Hall–Kier alpha value is -4.35. The topological polar surface area (TPSA) is 114 Å². The fourth-order valence-corrected chi connectivity index (χ4v) is 4.59. The number of carbonyl (C=O) groups is 2. The van der Waals surface area contributed by atoms with Gasteiger partial charge in [-0.05, 0) is 69.1 Å². The van der Waals surface area contributed by atoms with Gasteiger partial charge >= 0.3 is 12.0 Å². The zero-order chi connectivity index (χ0) is 28.1. The van der Waals surface area contributed by atoms with Crippen molar-refractivity contribution in [2.75, 3.05) is 57.2 Å². The van der Waals surface area contributed by atoms with Crippen LogP contribution in [0.15, 0.2) is 65.3 Å². The van der Waals surface area contributed by atoms with Crippen molar-refractivity contribution in [3.63, 3.8) is 0 Å². The Labute approximate surface area is 232 Å². The van der Waals surface area contributed by atoms with Crippen molar-refractivity contribution in [3.05, 3.63) is 65.9 Å². The third-order valence-electron chi connectivity index (χ3n) is 6.45. The lowest BCUT2D eigenvalue weighted by Gasteiger charge is -2.28. The molecule has 1 saturated heterocycles. The summed E-state index contributed by atoms with van der Waals surface area (Å²) in [6.45, 7) is 5.73. The maximum Gasteiger partial charge on any atom is 0.345 e. The van der Waals surface area contributed by atoms with Crippen molar-refractivity contribution in [2.24, 2.45) is 4.99 Å². The number of amides is 2. The number of carbonyl (C=O) groups excluding carboxylic acids is 2. The molecular formula is C29H33N7O4. The second-order valence-electron chi connectivity index (χ2n) is 9.80. The number of allylic oxidation sites excluding steroid dienone is 2. The molecular weight excluding hydrogens is 510 g/mol. The highest BCUT2D eigenvalue weighted by Gasteiger charge is 2.20. The lowest BCUT2D eigenvalue weighted by Crippen LogP contribution is -2.37. The van der Waals surface area contributed by atoms with E-state index in [-0.39, 0.29) is 5.97 Å². The predicted molar refractivity (Wildman–Crippen MR) is 154 cm³/mol. The van der Waals surface area contributed by atoms with E-state index in [1.807, 2.05) is 36.9 Å². The number of ether oxygens (including phenoxy) is 2. The molecule has 2 amide bonds. The van der Waals surface area contributed by atoms with Crippen LogP contribution in [0.2, 0.25) is 0 Å². The average Bonchev–Trinajstić information content (AvgIpc) is 3.35. The van der Waals surface area contributed by atoms with E-state index in [2.05, 4.69) is 26.2 Å². The van der Waals surface area contributed by atoms with Gasteiger partial charge in [-0.15, -0.1) is 5.10 Å². The number of hydrogen-bond donors (Lipinski definition) is 1. The molecule has 0 bridgehead atoms. The Morgan fingerprint density at radius 1 is 1.15 bits per heavy atom. The molecule has 3 heterocycles. The summed E-state index contributed by atoms with van der Waals surface area (Å²) in [5.74, 6) is 1.09. The molecule has 5 rings (SSSR count). The Balaban J connectivity index is 1.32. The third-order valence-corrected chi connectivity index (χ3v) is 6.45. The van der Waals surface area contributed by atoms with Crippen molar-refractivity contribution in [3.8, 4) is 11.4 Å². The number of aliphatic imine (C=N–C) groups is 1. The van der Waals surface area contributed by atoms with E-state index < -0.39 is 6.03 Å². The van der Waals surface area contributed by atoms with Crippen LogP contribution in [0.1, 0.15) is 18.9 Å². The van der Waals surface area contributed by atoms with Crippen LogP contribution >= 0.6 is 0 Å². The fourth-order valence-electron chi connectivity index (χ4n) is 4.59. The smallest absolute Gasteiger partial charge is 0.345 e. The van der Waals surface area contributed by atoms with Crippen LogP contribution in [0.5, 0.6) is 0 Å². The molecule has 2 aromatic heterocycles. The van der Waals surface area contributed by atoms with Gasteiger partial charge in [-0.1, -0.05) is 6.08 Å². The first-order valence-electron chi connectivity index (χ1n) is 13.3. The van der Waals surface area contributed by atoms with Crippen molar-refractivity contribution in [2.45, 2.75) is 19.9 Å². The van der Waals surface area contributed by atoms with E-state index in [9.17, 15) is 9.59 Å². The van der Waals surface area contributed by atoms with E-state index in [1.54, 1.807) is 37.3 Å². The summed E-state index contributed by atoms with van der Waals surface area (Å²) in [6.07, 6.45) is 7.38. The van der Waals surface area contributed by atoms with Crippen LogP contribution in [-0.4, -0.2) is 84.2 Å². The van der Waals surface area contributed by atoms with Crippen molar-refractivity contribution < 1.29 is 19.1 Å². The van der Waals surface area contributed by atoms with Gasteiger partial charge in [0.2, 0.25) is 0 Å². The SMILES string of the molecule is CCOC(=O)C1=CCC(=NC(=O)Nc2ccc(-c3nc(N4CCOCC4)c4cc(CN(C)C)cn4n3)cc2)C=C1. The van der Waals surface area contributed by atoms with Gasteiger partial charge in [-0.2, -0.15) is 4.99 Å². The average molecular weight is 544 g/mol. The van der Waals surface area contributed by atoms with Gasteiger partial charge in [0.25, 0.3) is 0 Å². The summed E-state index contributed by atoms with van der Waals surface area (Å²) < 4.78 is 12.4. The van der Waals surface area contributed by atoms with Crippen molar-refractivity contribution >= 4 is 34.7 Å². The molecule has 1 aromatic carbocycles. The molecule has 208 valence electrons. The molecule has 0 saturated carbocycles. The normalized spacial score (nSPS) is 16.4. The van der Waals surface area contributed by atoms with Crippen LogP contribution in [-0.2, 0) is 20.8 Å². The summed E-state index contributed by atoms with van der Waals surface area (Å²) in [4.78, 5) is 37.8. The van der Waals surface area contributed by atoms with Crippen LogP contribution < -0.4 is 10.2 Å². The van der Waals surface area contributed by atoms with Crippen molar-refractivity contribution in [1.29, 1.82) is 0 Å². The fraction of sp³-hybridized carbons (Fsp3) is 0.345. The lowest BCUT2D eigenvalue weighted by atomic mass is 10.1. The number of nitrogens with one attached hydrogen (secondary N) is 1. The van der Waals surface area contributed by atoms with Gasteiger partial charge in [0.1, 0.15) is 5.52 Å². The van der Waals surface area contributed by atoms with E-state index in [4.69, 9.17) is 19.6 Å². The Bertz CT molecular complexity index is 1480. The van der Waals surface area contributed by atoms with Crippen LogP contribution in [0, 0.1) is 0 Å². The number of anilines is 2. The number of esters is 1. The molecule has 1 aliphatic carbocycles. The van der Waals surface area contributed by atoms with E-state index >= 15 is 0 Å². The first-order chi connectivity index (χ1) is 19.4. The monoisotopic (exact) mass is 543 g/mol. The maximum absolute atomic E-state index is 12.5. The third kappa shape index (κ3) is 6.44. The van der Waals surface area contributed by atoms with E-state index in [0.29, 0.717) is 49.0 Å². The maximum atomic E-state index is 12.5. The number of hydrogen-bond acceptors (Lipinski definition) is 8. The molecule has 40 heavy (non-hydrogen) atoms. The molecule has 1 aliphatic heterocycles. The Morgan fingerprint density at radius 3 is 2.60 bits per heavy atom. The molecule has 2 aliphatic rings. The second-order valence-corrected chi connectivity index (χ2v) is 9.80. The number of aromatic nitrogens is 3. The zero-order valence-electron chi connectivity index (χ0n) is 23.0. The molecule has 1 fully saturated rings. The molecule has 0 radical (unpaired) electrons. The molecule has 0 unspecified atom stereocenters. The number of benzene rings is 1. The van der Waals surface area contributed by atoms with Crippen LogP contribution in [0.4, 0.5) is 16.3 Å². The van der Waals surface area contributed by atoms with Gasteiger partial charge in [0.05, 0.1) is 25.4 Å². The first kappa shape index (κ1) is 27.2. The van der Waals surface area contributed by atoms with Gasteiger partial charge in [0, 0.05) is 49.2 Å². The Morgan fingerprint density at radius 2 is 1.93 bits per heavy atom. The summed E-state index contributed by atoms with van der Waals surface area (Å²) in [5.41, 5.74) is 4.57. The van der Waals surface area contributed by atoms with Gasteiger partial charge in [-0.25, -0.2) is 19.1 Å². The van der Waals surface area contributed by atoms with E-state index in [0.717, 1.165) is 42.1 Å². The number of morpholine rings is 1. The van der Waals surface area contributed by atoms with Crippen molar-refractivity contribution in [1.82, 2.24) is 19.5 Å². The quantitative estimate of drug-likeness (QED) is 0.449. The van der Waals surface area contributed by atoms with Crippen LogP contribution in [0.3, 0.4) is 0 Å². The Kier molecular flexibility index (Phi) is 8.32. The highest BCUT2D eigenvalue weighted by Crippen LogP contribution is 2.27. The molecule has 0 atom stereocenters. The first-order valence-corrected chi connectivity index (χ1v) is 13.3. The molecule has 0 spiro atoms. The van der Waals surface area contributed by atoms with E-state index in [1.165, 1.54) is 0 Å². The number of urea groups is 1. The minimum absolute atomic E-state index is 0.311.